The largest absolute Gasteiger partial charge is 0.368 e. The van der Waals surface area contributed by atoms with Crippen molar-refractivity contribution >= 4 is 28.2 Å². The highest BCUT2D eigenvalue weighted by atomic mass is 35.5. The number of benzene rings is 1. The summed E-state index contributed by atoms with van der Waals surface area (Å²) >= 11 is 6.05. The van der Waals surface area contributed by atoms with Crippen LogP contribution in [-0.2, 0) is 0 Å². The first-order valence-corrected chi connectivity index (χ1v) is 7.87. The molecule has 112 valence electrons. The number of aromatic nitrogens is 1. The number of hydrogen-bond acceptors (Lipinski definition) is 4. The van der Waals surface area contributed by atoms with Crippen molar-refractivity contribution in [2.45, 2.75) is 6.42 Å². The van der Waals surface area contributed by atoms with Crippen LogP contribution in [0.1, 0.15) is 6.42 Å². The normalized spacial score (nSPS) is 16.6. The Morgan fingerprint density at radius 1 is 1.14 bits per heavy atom. The molecule has 5 heteroatoms. The van der Waals surface area contributed by atoms with E-state index in [1.54, 1.807) is 0 Å². The van der Waals surface area contributed by atoms with E-state index in [1.807, 2.05) is 18.3 Å². The van der Waals surface area contributed by atoms with Gasteiger partial charge >= 0.3 is 0 Å². The van der Waals surface area contributed by atoms with Gasteiger partial charge in [-0.2, -0.15) is 0 Å². The average Bonchev–Trinajstić information content (AvgIpc) is 2.52. The van der Waals surface area contributed by atoms with E-state index in [4.69, 9.17) is 17.3 Å². The van der Waals surface area contributed by atoms with Crippen molar-refractivity contribution in [2.75, 3.05) is 44.2 Å². The lowest BCUT2D eigenvalue weighted by atomic mass is 10.1. The maximum atomic E-state index is 6.05. The van der Waals surface area contributed by atoms with Crippen molar-refractivity contribution in [3.8, 4) is 0 Å². The van der Waals surface area contributed by atoms with Gasteiger partial charge in [-0.05, 0) is 43.8 Å². The third-order valence-corrected chi connectivity index (χ3v) is 4.31. The molecule has 1 aliphatic rings. The predicted octanol–water partition coefficient (Wildman–Crippen LogP) is 2.36. The van der Waals surface area contributed by atoms with E-state index in [-0.39, 0.29) is 0 Å². The molecule has 0 atom stereocenters. The van der Waals surface area contributed by atoms with Crippen LogP contribution in [0.2, 0.25) is 5.02 Å². The number of pyridine rings is 1. The zero-order valence-corrected chi connectivity index (χ0v) is 12.9. The third kappa shape index (κ3) is 3.28. The summed E-state index contributed by atoms with van der Waals surface area (Å²) in [6.07, 6.45) is 2.95. The molecule has 1 aromatic carbocycles. The number of hydrogen-bond donors (Lipinski definition) is 1. The Labute approximate surface area is 130 Å². The van der Waals surface area contributed by atoms with E-state index in [9.17, 15) is 0 Å². The summed E-state index contributed by atoms with van der Waals surface area (Å²) < 4.78 is 0. The predicted molar refractivity (Wildman–Crippen MR) is 89.1 cm³/mol. The molecule has 0 bridgehead atoms. The molecule has 0 unspecified atom stereocenters. The lowest BCUT2D eigenvalue weighted by molar-refractivity contribution is 0.256. The Bertz CT molecular complexity index is 608. The number of piperazine rings is 1. The Morgan fingerprint density at radius 3 is 2.71 bits per heavy atom. The molecule has 1 aliphatic heterocycles. The zero-order valence-electron chi connectivity index (χ0n) is 12.1. The van der Waals surface area contributed by atoms with Crippen LogP contribution in [0.3, 0.4) is 0 Å². The Balaban J connectivity index is 1.76. The van der Waals surface area contributed by atoms with Crippen LogP contribution in [0.15, 0.2) is 30.5 Å². The van der Waals surface area contributed by atoms with Crippen LogP contribution in [0.5, 0.6) is 0 Å². The molecule has 1 saturated heterocycles. The Hall–Kier alpha value is -1.36. The smallest absolute Gasteiger partial charge is 0.0737 e. The molecule has 0 saturated carbocycles. The molecule has 0 aliphatic carbocycles. The van der Waals surface area contributed by atoms with Crippen molar-refractivity contribution in [1.82, 2.24) is 9.88 Å². The minimum absolute atomic E-state index is 0.735. The maximum absolute atomic E-state index is 6.05. The van der Waals surface area contributed by atoms with Gasteiger partial charge in [0.25, 0.3) is 0 Å². The van der Waals surface area contributed by atoms with Crippen LogP contribution < -0.4 is 10.6 Å². The first-order valence-electron chi connectivity index (χ1n) is 7.49. The summed E-state index contributed by atoms with van der Waals surface area (Å²) in [5.41, 5.74) is 7.81. The fourth-order valence-electron chi connectivity index (χ4n) is 2.91. The maximum Gasteiger partial charge on any atom is 0.0737 e. The third-order valence-electron chi connectivity index (χ3n) is 4.07. The van der Waals surface area contributed by atoms with Crippen molar-refractivity contribution in [2.24, 2.45) is 5.73 Å². The summed E-state index contributed by atoms with van der Waals surface area (Å²) in [4.78, 5) is 9.35. The van der Waals surface area contributed by atoms with Gasteiger partial charge in [0, 0.05) is 48.5 Å². The average molecular weight is 305 g/mol. The van der Waals surface area contributed by atoms with Crippen LogP contribution in [0.4, 0.5) is 5.69 Å². The molecular weight excluding hydrogens is 284 g/mol. The fraction of sp³-hybridized carbons (Fsp3) is 0.438. The van der Waals surface area contributed by atoms with Crippen LogP contribution in [0, 0.1) is 0 Å². The van der Waals surface area contributed by atoms with Crippen LogP contribution in [-0.4, -0.2) is 49.2 Å². The van der Waals surface area contributed by atoms with E-state index in [0.29, 0.717) is 0 Å². The monoisotopic (exact) mass is 304 g/mol. The minimum atomic E-state index is 0.735. The SMILES string of the molecule is NCCCN1CCN(c2ccnc3cc(Cl)ccc23)CC1. The van der Waals surface area contributed by atoms with Gasteiger partial charge in [-0.1, -0.05) is 11.6 Å². The second-order valence-corrected chi connectivity index (χ2v) is 5.90. The van der Waals surface area contributed by atoms with Crippen molar-refractivity contribution in [1.29, 1.82) is 0 Å². The van der Waals surface area contributed by atoms with Gasteiger partial charge in [-0.3, -0.25) is 9.88 Å². The second kappa shape index (κ2) is 6.60. The Morgan fingerprint density at radius 2 is 1.95 bits per heavy atom. The van der Waals surface area contributed by atoms with E-state index in [0.717, 1.165) is 56.2 Å². The van der Waals surface area contributed by atoms with Crippen molar-refractivity contribution in [3.63, 3.8) is 0 Å². The lowest BCUT2D eigenvalue weighted by Crippen LogP contribution is -2.47. The highest BCUT2D eigenvalue weighted by Crippen LogP contribution is 2.28. The van der Waals surface area contributed by atoms with Crippen molar-refractivity contribution < 1.29 is 0 Å². The van der Waals surface area contributed by atoms with Crippen LogP contribution >= 0.6 is 11.6 Å². The second-order valence-electron chi connectivity index (χ2n) is 5.46. The number of fused-ring (bicyclic) bond motifs is 1. The number of rotatable bonds is 4. The highest BCUT2D eigenvalue weighted by Gasteiger charge is 2.18. The number of halogens is 1. The van der Waals surface area contributed by atoms with E-state index in [2.05, 4.69) is 26.9 Å². The molecule has 0 radical (unpaired) electrons. The van der Waals surface area contributed by atoms with E-state index < -0.39 is 0 Å². The first kappa shape index (κ1) is 14.6. The molecule has 1 fully saturated rings. The molecule has 0 amide bonds. The summed E-state index contributed by atoms with van der Waals surface area (Å²) in [5, 5.41) is 1.91. The highest BCUT2D eigenvalue weighted by molar-refractivity contribution is 6.31. The van der Waals surface area contributed by atoms with Gasteiger partial charge < -0.3 is 10.6 Å². The number of nitrogens with two attached hydrogens (primary N) is 1. The topological polar surface area (TPSA) is 45.4 Å². The number of anilines is 1. The first-order chi connectivity index (χ1) is 10.3. The van der Waals surface area contributed by atoms with Gasteiger partial charge in [-0.25, -0.2) is 0 Å². The van der Waals surface area contributed by atoms with E-state index in [1.165, 1.54) is 11.1 Å². The molecule has 2 heterocycles. The fourth-order valence-corrected chi connectivity index (χ4v) is 3.08. The van der Waals surface area contributed by atoms with Gasteiger partial charge in [0.1, 0.15) is 0 Å². The molecule has 1 aromatic heterocycles. The lowest BCUT2D eigenvalue weighted by Gasteiger charge is -2.36. The minimum Gasteiger partial charge on any atom is -0.368 e. The summed E-state index contributed by atoms with van der Waals surface area (Å²) in [6, 6.07) is 8.04. The molecule has 3 rings (SSSR count). The molecule has 2 aromatic rings. The van der Waals surface area contributed by atoms with Gasteiger partial charge in [-0.15, -0.1) is 0 Å². The molecule has 2 N–H and O–H groups in total. The quantitative estimate of drug-likeness (QED) is 0.942. The Kier molecular flexibility index (Phi) is 4.58. The standard InChI is InChI=1S/C16H21ClN4/c17-13-2-3-14-15(12-13)19-6-4-16(14)21-10-8-20(9-11-21)7-1-5-18/h2-4,6,12H,1,5,7-11,18H2. The summed E-state index contributed by atoms with van der Waals surface area (Å²) in [7, 11) is 0. The summed E-state index contributed by atoms with van der Waals surface area (Å²) in [6.45, 7) is 6.17. The molecular formula is C16H21ClN4. The molecule has 21 heavy (non-hydrogen) atoms. The van der Waals surface area contributed by atoms with Crippen LogP contribution in [0.25, 0.3) is 10.9 Å². The van der Waals surface area contributed by atoms with Crippen molar-refractivity contribution in [3.05, 3.63) is 35.5 Å². The van der Waals surface area contributed by atoms with Gasteiger partial charge in [0.05, 0.1) is 5.52 Å². The van der Waals surface area contributed by atoms with Gasteiger partial charge in [0.15, 0.2) is 0 Å². The summed E-state index contributed by atoms with van der Waals surface area (Å²) in [5.74, 6) is 0. The van der Waals surface area contributed by atoms with E-state index >= 15 is 0 Å². The van der Waals surface area contributed by atoms with Gasteiger partial charge in [0.2, 0.25) is 0 Å². The number of nitrogens with zero attached hydrogens (tertiary/aromatic N) is 3. The molecule has 4 nitrogen and oxygen atoms in total. The molecule has 0 spiro atoms. The zero-order chi connectivity index (χ0) is 14.7.